The van der Waals surface area contributed by atoms with Gasteiger partial charge >= 0.3 is 0 Å². The van der Waals surface area contributed by atoms with Crippen LogP contribution in [0.25, 0.3) is 0 Å². The Bertz CT molecular complexity index is 417. The number of hydrogen-bond acceptors (Lipinski definition) is 3. The van der Waals surface area contributed by atoms with Gasteiger partial charge in [0.25, 0.3) is 5.91 Å². The number of rotatable bonds is 5. The van der Waals surface area contributed by atoms with E-state index in [1.165, 1.54) is 0 Å². The summed E-state index contributed by atoms with van der Waals surface area (Å²) in [4.78, 5) is 13.9. The van der Waals surface area contributed by atoms with Crippen LogP contribution in [0.3, 0.4) is 0 Å². The number of nitrogens with two attached hydrogens (primary N) is 1. The van der Waals surface area contributed by atoms with E-state index in [-0.39, 0.29) is 24.4 Å². The van der Waals surface area contributed by atoms with Gasteiger partial charge in [0.2, 0.25) is 0 Å². The second kappa shape index (κ2) is 7.50. The number of aryl methyl sites for hydroxylation is 2. The molecule has 19 heavy (non-hydrogen) atoms. The van der Waals surface area contributed by atoms with Gasteiger partial charge < -0.3 is 10.6 Å². The minimum Gasteiger partial charge on any atom is -0.342 e. The fourth-order valence-corrected chi connectivity index (χ4v) is 1.79. The molecule has 1 unspecified atom stereocenters. The summed E-state index contributed by atoms with van der Waals surface area (Å²) in [5.41, 5.74) is 7.41. The van der Waals surface area contributed by atoms with Crippen molar-refractivity contribution in [3.8, 4) is 0 Å². The zero-order chi connectivity index (χ0) is 13.9. The van der Waals surface area contributed by atoms with E-state index in [1.807, 2.05) is 21.0 Å². The molecule has 0 aromatic carbocycles. The summed E-state index contributed by atoms with van der Waals surface area (Å²) in [6.45, 7) is 6.71. The standard InChI is InChI=1S/C13H24N4O.ClH/c1-9(2)12(14)6-7-16(4)13(18)11-8-17(5)15-10(11)3;/h8-9,12H,6-7,14H2,1-5H3;1H. The monoisotopic (exact) mass is 288 g/mol. The average molecular weight is 289 g/mol. The molecule has 110 valence electrons. The van der Waals surface area contributed by atoms with Gasteiger partial charge in [0, 0.05) is 32.9 Å². The highest BCUT2D eigenvalue weighted by Crippen LogP contribution is 2.10. The maximum absolute atomic E-state index is 12.2. The molecule has 0 aliphatic rings. The van der Waals surface area contributed by atoms with Gasteiger partial charge in [0.05, 0.1) is 11.3 Å². The lowest BCUT2D eigenvalue weighted by molar-refractivity contribution is 0.0788. The molecule has 2 N–H and O–H groups in total. The summed E-state index contributed by atoms with van der Waals surface area (Å²) in [6.07, 6.45) is 2.58. The molecule has 0 spiro atoms. The van der Waals surface area contributed by atoms with E-state index in [0.29, 0.717) is 18.0 Å². The third-order valence-corrected chi connectivity index (χ3v) is 3.24. The first kappa shape index (κ1) is 17.9. The zero-order valence-corrected chi connectivity index (χ0v) is 13.2. The van der Waals surface area contributed by atoms with E-state index >= 15 is 0 Å². The second-order valence-corrected chi connectivity index (χ2v) is 5.23. The van der Waals surface area contributed by atoms with Crippen LogP contribution >= 0.6 is 12.4 Å². The van der Waals surface area contributed by atoms with E-state index < -0.39 is 0 Å². The third-order valence-electron chi connectivity index (χ3n) is 3.24. The molecule has 0 radical (unpaired) electrons. The minimum atomic E-state index is 0. The third kappa shape index (κ3) is 4.84. The van der Waals surface area contributed by atoms with Crippen LogP contribution in [0.15, 0.2) is 6.20 Å². The summed E-state index contributed by atoms with van der Waals surface area (Å²) in [7, 11) is 3.63. The average Bonchev–Trinajstić information content (AvgIpc) is 2.63. The summed E-state index contributed by atoms with van der Waals surface area (Å²) in [5.74, 6) is 0.449. The van der Waals surface area contributed by atoms with Crippen LogP contribution in [0.2, 0.25) is 0 Å². The van der Waals surface area contributed by atoms with E-state index in [1.54, 1.807) is 15.8 Å². The lowest BCUT2D eigenvalue weighted by Gasteiger charge is -2.21. The van der Waals surface area contributed by atoms with E-state index in [4.69, 9.17) is 5.73 Å². The van der Waals surface area contributed by atoms with Crippen molar-refractivity contribution in [1.82, 2.24) is 14.7 Å². The van der Waals surface area contributed by atoms with Crippen LogP contribution in [0.1, 0.15) is 36.3 Å². The van der Waals surface area contributed by atoms with Gasteiger partial charge in [-0.2, -0.15) is 5.10 Å². The van der Waals surface area contributed by atoms with Gasteiger partial charge in [-0.05, 0) is 19.3 Å². The predicted molar refractivity (Wildman–Crippen MR) is 79.6 cm³/mol. The zero-order valence-electron chi connectivity index (χ0n) is 12.4. The smallest absolute Gasteiger partial charge is 0.257 e. The van der Waals surface area contributed by atoms with Gasteiger partial charge in [-0.15, -0.1) is 12.4 Å². The van der Waals surface area contributed by atoms with Crippen LogP contribution in [0.4, 0.5) is 0 Å². The van der Waals surface area contributed by atoms with Crippen LogP contribution < -0.4 is 5.73 Å². The molecule has 0 aliphatic carbocycles. The molecule has 1 amide bonds. The molecular formula is C13H25ClN4O. The van der Waals surface area contributed by atoms with Crippen molar-refractivity contribution in [3.63, 3.8) is 0 Å². The summed E-state index contributed by atoms with van der Waals surface area (Å²) < 4.78 is 1.66. The van der Waals surface area contributed by atoms with Crippen molar-refractivity contribution in [2.45, 2.75) is 33.2 Å². The van der Waals surface area contributed by atoms with Gasteiger partial charge in [0.1, 0.15) is 0 Å². The number of halogens is 1. The quantitative estimate of drug-likeness (QED) is 0.895. The highest BCUT2D eigenvalue weighted by atomic mass is 35.5. The van der Waals surface area contributed by atoms with Crippen LogP contribution in [-0.4, -0.2) is 40.2 Å². The Morgan fingerprint density at radius 1 is 1.53 bits per heavy atom. The molecule has 0 bridgehead atoms. The van der Waals surface area contributed by atoms with Crippen molar-refractivity contribution in [2.24, 2.45) is 18.7 Å². The first-order valence-corrected chi connectivity index (χ1v) is 6.34. The van der Waals surface area contributed by atoms with Crippen LogP contribution in [0.5, 0.6) is 0 Å². The van der Waals surface area contributed by atoms with Crippen molar-refractivity contribution in [2.75, 3.05) is 13.6 Å². The van der Waals surface area contributed by atoms with Crippen LogP contribution in [0, 0.1) is 12.8 Å². The van der Waals surface area contributed by atoms with Gasteiger partial charge in [-0.3, -0.25) is 9.48 Å². The lowest BCUT2D eigenvalue weighted by Crippen LogP contribution is -2.34. The molecule has 1 rings (SSSR count). The molecule has 6 heteroatoms. The van der Waals surface area contributed by atoms with Crippen molar-refractivity contribution >= 4 is 18.3 Å². The first-order chi connectivity index (χ1) is 8.32. The topological polar surface area (TPSA) is 64.2 Å². The normalized spacial score (nSPS) is 12.2. The highest BCUT2D eigenvalue weighted by molar-refractivity contribution is 5.94. The lowest BCUT2D eigenvalue weighted by atomic mass is 10.0. The Kier molecular flexibility index (Phi) is 7.08. The molecule has 1 aromatic rings. The Hall–Kier alpha value is -1.07. The Morgan fingerprint density at radius 3 is 2.53 bits per heavy atom. The predicted octanol–water partition coefficient (Wildman–Crippen LogP) is 1.60. The largest absolute Gasteiger partial charge is 0.342 e. The molecule has 1 heterocycles. The molecule has 1 atom stereocenters. The number of aromatic nitrogens is 2. The second-order valence-electron chi connectivity index (χ2n) is 5.23. The Morgan fingerprint density at radius 2 is 2.11 bits per heavy atom. The Balaban J connectivity index is 0.00000324. The fourth-order valence-electron chi connectivity index (χ4n) is 1.79. The summed E-state index contributed by atoms with van der Waals surface area (Å²) >= 11 is 0. The number of carbonyl (C=O) groups excluding carboxylic acids is 1. The van der Waals surface area contributed by atoms with E-state index in [0.717, 1.165) is 12.1 Å². The molecular weight excluding hydrogens is 264 g/mol. The van der Waals surface area contributed by atoms with Crippen LogP contribution in [-0.2, 0) is 7.05 Å². The van der Waals surface area contributed by atoms with Crippen molar-refractivity contribution < 1.29 is 4.79 Å². The van der Waals surface area contributed by atoms with E-state index in [2.05, 4.69) is 18.9 Å². The van der Waals surface area contributed by atoms with Gasteiger partial charge in [-0.1, -0.05) is 13.8 Å². The minimum absolute atomic E-state index is 0. The first-order valence-electron chi connectivity index (χ1n) is 6.34. The molecule has 0 saturated carbocycles. The number of hydrogen-bond donors (Lipinski definition) is 1. The van der Waals surface area contributed by atoms with E-state index in [9.17, 15) is 4.79 Å². The molecule has 0 fully saturated rings. The maximum atomic E-state index is 12.2. The summed E-state index contributed by atoms with van der Waals surface area (Å²) in [5, 5.41) is 4.18. The SMILES string of the molecule is Cc1nn(C)cc1C(=O)N(C)CCC(N)C(C)C.Cl. The Labute approximate surface area is 121 Å². The maximum Gasteiger partial charge on any atom is 0.257 e. The molecule has 0 saturated heterocycles. The van der Waals surface area contributed by atoms with Gasteiger partial charge in [-0.25, -0.2) is 0 Å². The fraction of sp³-hybridized carbons (Fsp3) is 0.692. The van der Waals surface area contributed by atoms with Crippen molar-refractivity contribution in [1.29, 1.82) is 0 Å². The summed E-state index contributed by atoms with van der Waals surface area (Å²) in [6, 6.07) is 0.134. The van der Waals surface area contributed by atoms with Crippen molar-refractivity contribution in [3.05, 3.63) is 17.5 Å². The number of nitrogens with zero attached hydrogens (tertiary/aromatic N) is 3. The molecule has 5 nitrogen and oxygen atoms in total. The number of amides is 1. The molecule has 0 aliphatic heterocycles. The van der Waals surface area contributed by atoms with Gasteiger partial charge in [0.15, 0.2) is 0 Å². The molecule has 1 aromatic heterocycles. The number of carbonyl (C=O) groups is 1. The highest BCUT2D eigenvalue weighted by Gasteiger charge is 2.18.